The molecule has 0 saturated heterocycles. The lowest BCUT2D eigenvalue weighted by Crippen LogP contribution is -1.97. The van der Waals surface area contributed by atoms with E-state index in [-0.39, 0.29) is 0 Å². The number of hydrogen-bond acceptors (Lipinski definition) is 1. The Morgan fingerprint density at radius 3 is 0.781 bits per heavy atom. The molecule has 0 aromatic rings. The summed E-state index contributed by atoms with van der Waals surface area (Å²) in [5.41, 5.74) is 0. The van der Waals surface area contributed by atoms with Gasteiger partial charge in [0.05, 0.1) is 0 Å². The van der Waals surface area contributed by atoms with Gasteiger partial charge in [-0.25, -0.2) is 0 Å². The first-order valence-corrected chi connectivity index (χ1v) is 15.3. The van der Waals surface area contributed by atoms with E-state index in [1.165, 1.54) is 154 Å². The van der Waals surface area contributed by atoms with E-state index in [0.717, 1.165) is 25.7 Å². The van der Waals surface area contributed by atoms with Gasteiger partial charge in [0.1, 0.15) is 5.78 Å². The van der Waals surface area contributed by atoms with Crippen molar-refractivity contribution in [2.45, 2.75) is 194 Å². The zero-order valence-electron chi connectivity index (χ0n) is 22.7. The molecule has 0 spiro atoms. The third-order valence-electron chi connectivity index (χ3n) is 7.12. The van der Waals surface area contributed by atoms with Crippen LogP contribution in [0.3, 0.4) is 0 Å². The standard InChI is InChI=1S/C31H62O/c1-3-5-7-8-9-10-11-12-13-14-15-16-17-18-19-20-21-22-23-24-25-26-28-30-31(32)29-27-6-4-2/h3-30H2,1-2H3. The van der Waals surface area contributed by atoms with E-state index in [9.17, 15) is 4.79 Å². The van der Waals surface area contributed by atoms with Gasteiger partial charge in [-0.3, -0.25) is 4.79 Å². The fraction of sp³-hybridized carbons (Fsp3) is 0.968. The van der Waals surface area contributed by atoms with Crippen LogP contribution in [-0.4, -0.2) is 5.78 Å². The highest BCUT2D eigenvalue weighted by Gasteiger charge is 2.01. The number of ketones is 1. The molecule has 0 aromatic heterocycles. The molecule has 0 radical (unpaired) electrons. The first-order chi connectivity index (χ1) is 15.8. The summed E-state index contributed by atoms with van der Waals surface area (Å²) >= 11 is 0. The van der Waals surface area contributed by atoms with Gasteiger partial charge in [-0.15, -0.1) is 0 Å². The molecule has 0 fully saturated rings. The van der Waals surface area contributed by atoms with E-state index in [2.05, 4.69) is 13.8 Å². The molecule has 1 heteroatoms. The number of Topliss-reactive ketones (excluding diaryl/α,β-unsaturated/α-hetero) is 1. The molecule has 0 saturated carbocycles. The highest BCUT2D eigenvalue weighted by Crippen LogP contribution is 2.16. The van der Waals surface area contributed by atoms with Crippen molar-refractivity contribution in [3.8, 4) is 0 Å². The van der Waals surface area contributed by atoms with Crippen LogP contribution in [0.1, 0.15) is 194 Å². The van der Waals surface area contributed by atoms with E-state index < -0.39 is 0 Å². The van der Waals surface area contributed by atoms with Crippen LogP contribution in [0, 0.1) is 0 Å². The highest BCUT2D eigenvalue weighted by atomic mass is 16.1. The third kappa shape index (κ3) is 27.7. The molecule has 32 heavy (non-hydrogen) atoms. The number of unbranched alkanes of at least 4 members (excludes halogenated alkanes) is 24. The summed E-state index contributed by atoms with van der Waals surface area (Å²) in [5.74, 6) is 0.502. The second-order valence-electron chi connectivity index (χ2n) is 10.5. The molecule has 0 amide bonds. The van der Waals surface area contributed by atoms with Gasteiger partial charge in [-0.1, -0.05) is 168 Å². The Labute approximate surface area is 204 Å². The van der Waals surface area contributed by atoms with Crippen molar-refractivity contribution in [2.75, 3.05) is 0 Å². The van der Waals surface area contributed by atoms with Gasteiger partial charge >= 0.3 is 0 Å². The Balaban J connectivity index is 3.06. The summed E-state index contributed by atoms with van der Waals surface area (Å²) in [5, 5.41) is 0. The summed E-state index contributed by atoms with van der Waals surface area (Å²) in [4.78, 5) is 11.7. The van der Waals surface area contributed by atoms with E-state index in [4.69, 9.17) is 0 Å². The summed E-state index contributed by atoms with van der Waals surface area (Å²) in [6.07, 6.45) is 37.9. The van der Waals surface area contributed by atoms with Crippen LogP contribution in [0.5, 0.6) is 0 Å². The molecular weight excluding hydrogens is 388 g/mol. The van der Waals surface area contributed by atoms with Crippen LogP contribution in [0.15, 0.2) is 0 Å². The summed E-state index contributed by atoms with van der Waals surface area (Å²) in [6, 6.07) is 0. The second-order valence-corrected chi connectivity index (χ2v) is 10.5. The molecular formula is C31H62O. The normalized spacial score (nSPS) is 11.3. The molecule has 0 atom stereocenters. The van der Waals surface area contributed by atoms with E-state index in [1.54, 1.807) is 0 Å². The molecule has 0 aliphatic carbocycles. The minimum absolute atomic E-state index is 0.502. The quantitative estimate of drug-likeness (QED) is 0.108. The number of hydrogen-bond donors (Lipinski definition) is 0. The van der Waals surface area contributed by atoms with Crippen molar-refractivity contribution in [3.63, 3.8) is 0 Å². The zero-order valence-corrected chi connectivity index (χ0v) is 22.7. The average molecular weight is 451 g/mol. The van der Waals surface area contributed by atoms with Crippen LogP contribution < -0.4 is 0 Å². The number of carbonyl (C=O) groups excluding carboxylic acids is 1. The molecule has 0 aliphatic rings. The minimum Gasteiger partial charge on any atom is -0.300 e. The molecule has 0 unspecified atom stereocenters. The summed E-state index contributed by atoms with van der Waals surface area (Å²) in [6.45, 7) is 4.50. The fourth-order valence-electron chi connectivity index (χ4n) is 4.80. The van der Waals surface area contributed by atoms with Crippen LogP contribution in [0.25, 0.3) is 0 Å². The van der Waals surface area contributed by atoms with Crippen molar-refractivity contribution in [3.05, 3.63) is 0 Å². The Hall–Kier alpha value is -0.330. The van der Waals surface area contributed by atoms with Crippen LogP contribution >= 0.6 is 0 Å². The first kappa shape index (κ1) is 31.7. The van der Waals surface area contributed by atoms with Crippen molar-refractivity contribution in [1.82, 2.24) is 0 Å². The van der Waals surface area contributed by atoms with E-state index in [0.29, 0.717) is 5.78 Å². The Morgan fingerprint density at radius 1 is 0.312 bits per heavy atom. The topological polar surface area (TPSA) is 17.1 Å². The Kier molecular flexibility index (Phi) is 28.4. The molecule has 1 nitrogen and oxygen atoms in total. The predicted molar refractivity (Wildman–Crippen MR) is 146 cm³/mol. The van der Waals surface area contributed by atoms with Gasteiger partial charge in [-0.2, -0.15) is 0 Å². The Morgan fingerprint density at radius 2 is 0.500 bits per heavy atom. The van der Waals surface area contributed by atoms with Gasteiger partial charge in [0.15, 0.2) is 0 Å². The first-order valence-electron chi connectivity index (χ1n) is 15.3. The lowest BCUT2D eigenvalue weighted by atomic mass is 10.0. The third-order valence-corrected chi connectivity index (χ3v) is 7.12. The minimum atomic E-state index is 0.502. The zero-order chi connectivity index (χ0) is 23.4. The maximum atomic E-state index is 11.7. The lowest BCUT2D eigenvalue weighted by Gasteiger charge is -2.04. The smallest absolute Gasteiger partial charge is 0.132 e. The molecule has 0 aliphatic heterocycles. The SMILES string of the molecule is CCCCCCCCCCCCCCCCCCCCCCCCCC(=O)CCCCC. The van der Waals surface area contributed by atoms with Crippen molar-refractivity contribution in [2.24, 2.45) is 0 Å². The van der Waals surface area contributed by atoms with Crippen molar-refractivity contribution in [1.29, 1.82) is 0 Å². The maximum Gasteiger partial charge on any atom is 0.132 e. The number of rotatable bonds is 28. The van der Waals surface area contributed by atoms with Gasteiger partial charge in [0.25, 0.3) is 0 Å². The average Bonchev–Trinajstić information content (AvgIpc) is 2.79. The van der Waals surface area contributed by atoms with Gasteiger partial charge in [0, 0.05) is 12.8 Å². The molecule has 0 aromatic carbocycles. The molecule has 0 bridgehead atoms. The fourth-order valence-corrected chi connectivity index (χ4v) is 4.80. The molecule has 0 rings (SSSR count). The van der Waals surface area contributed by atoms with Gasteiger partial charge in [0.2, 0.25) is 0 Å². The number of carbonyl (C=O) groups is 1. The molecule has 0 N–H and O–H groups in total. The largest absolute Gasteiger partial charge is 0.300 e. The Bertz CT molecular complexity index is 348. The van der Waals surface area contributed by atoms with Crippen molar-refractivity contribution < 1.29 is 4.79 Å². The lowest BCUT2D eigenvalue weighted by molar-refractivity contribution is -0.119. The highest BCUT2D eigenvalue weighted by molar-refractivity contribution is 5.78. The van der Waals surface area contributed by atoms with Crippen LogP contribution in [-0.2, 0) is 4.79 Å². The monoisotopic (exact) mass is 450 g/mol. The van der Waals surface area contributed by atoms with Crippen molar-refractivity contribution >= 4 is 5.78 Å². The summed E-state index contributed by atoms with van der Waals surface area (Å²) in [7, 11) is 0. The summed E-state index contributed by atoms with van der Waals surface area (Å²) < 4.78 is 0. The van der Waals surface area contributed by atoms with Gasteiger partial charge < -0.3 is 0 Å². The van der Waals surface area contributed by atoms with E-state index in [1.807, 2.05) is 0 Å². The maximum absolute atomic E-state index is 11.7. The molecule has 0 heterocycles. The predicted octanol–water partition coefficient (Wildman–Crippen LogP) is 11.5. The van der Waals surface area contributed by atoms with Crippen LogP contribution in [0.2, 0.25) is 0 Å². The van der Waals surface area contributed by atoms with E-state index >= 15 is 0 Å². The second kappa shape index (κ2) is 28.7. The van der Waals surface area contributed by atoms with Crippen LogP contribution in [0.4, 0.5) is 0 Å². The molecule has 192 valence electrons. The van der Waals surface area contributed by atoms with Gasteiger partial charge in [-0.05, 0) is 12.8 Å².